The van der Waals surface area contributed by atoms with Crippen molar-refractivity contribution in [1.29, 1.82) is 0 Å². The van der Waals surface area contributed by atoms with Crippen molar-refractivity contribution in [2.24, 2.45) is 0 Å². The molecule has 1 aliphatic heterocycles. The third-order valence-electron chi connectivity index (χ3n) is 3.58. The van der Waals surface area contributed by atoms with Crippen LogP contribution in [0.5, 0.6) is 0 Å². The number of nitrogens with zero attached hydrogens (tertiary/aromatic N) is 2. The van der Waals surface area contributed by atoms with Crippen molar-refractivity contribution in [2.75, 3.05) is 24.3 Å². The van der Waals surface area contributed by atoms with Gasteiger partial charge >= 0.3 is 0 Å². The zero-order chi connectivity index (χ0) is 15.5. The van der Waals surface area contributed by atoms with Crippen molar-refractivity contribution in [3.8, 4) is 11.3 Å². The van der Waals surface area contributed by atoms with E-state index in [1.165, 1.54) is 12.1 Å². The van der Waals surface area contributed by atoms with Gasteiger partial charge in [-0.25, -0.2) is 14.4 Å². The van der Waals surface area contributed by atoms with E-state index in [9.17, 15) is 4.39 Å². The van der Waals surface area contributed by atoms with Crippen LogP contribution in [0.4, 0.5) is 16.0 Å². The zero-order valence-corrected chi connectivity index (χ0v) is 12.6. The molecule has 3 rings (SSSR count). The Balaban J connectivity index is 1.86. The van der Waals surface area contributed by atoms with Gasteiger partial charge in [0.15, 0.2) is 11.6 Å². The fraction of sp³-hybridized carbons (Fsp3) is 0.333. The first-order valence-electron chi connectivity index (χ1n) is 7.05. The molecule has 0 radical (unpaired) electrons. The predicted octanol–water partition coefficient (Wildman–Crippen LogP) is 3.11. The lowest BCUT2D eigenvalue weighted by Gasteiger charge is -2.24. The molecule has 2 heterocycles. The molecule has 1 aromatic heterocycles. The largest absolute Gasteiger partial charge is 0.381 e. The van der Waals surface area contributed by atoms with Gasteiger partial charge in [-0.3, -0.25) is 0 Å². The maximum absolute atomic E-state index is 13.3. The molecule has 0 spiro atoms. The lowest BCUT2D eigenvalue weighted by atomic mass is 10.1. The summed E-state index contributed by atoms with van der Waals surface area (Å²) in [4.78, 5) is 8.64. The Kier molecular flexibility index (Phi) is 4.40. The van der Waals surface area contributed by atoms with E-state index in [1.807, 2.05) is 0 Å². The van der Waals surface area contributed by atoms with Crippen LogP contribution in [0.2, 0.25) is 5.02 Å². The Morgan fingerprint density at radius 1 is 1.32 bits per heavy atom. The minimum Gasteiger partial charge on any atom is -0.381 e. The van der Waals surface area contributed by atoms with Crippen LogP contribution >= 0.6 is 11.6 Å². The number of rotatable bonds is 3. The Morgan fingerprint density at radius 3 is 2.82 bits per heavy atom. The SMILES string of the molecule is Nc1ncc(-c2ccc(F)c(Cl)c2)nc1NC1CCOCC1. The van der Waals surface area contributed by atoms with Crippen LogP contribution in [0.3, 0.4) is 0 Å². The Morgan fingerprint density at radius 2 is 2.09 bits per heavy atom. The van der Waals surface area contributed by atoms with Crippen LogP contribution in [0.15, 0.2) is 24.4 Å². The van der Waals surface area contributed by atoms with Gasteiger partial charge in [0, 0.05) is 24.8 Å². The number of benzene rings is 1. The lowest BCUT2D eigenvalue weighted by molar-refractivity contribution is 0.0904. The van der Waals surface area contributed by atoms with Crippen molar-refractivity contribution in [1.82, 2.24) is 9.97 Å². The lowest BCUT2D eigenvalue weighted by Crippen LogP contribution is -2.28. The maximum Gasteiger partial charge on any atom is 0.169 e. The second-order valence-corrected chi connectivity index (χ2v) is 5.56. The molecule has 1 aromatic carbocycles. The summed E-state index contributed by atoms with van der Waals surface area (Å²) in [7, 11) is 0. The zero-order valence-electron chi connectivity index (χ0n) is 11.9. The molecule has 7 heteroatoms. The van der Waals surface area contributed by atoms with E-state index in [2.05, 4.69) is 15.3 Å². The molecular formula is C15H16ClFN4O. The summed E-state index contributed by atoms with van der Waals surface area (Å²) in [5.41, 5.74) is 7.16. The Bertz CT molecular complexity index is 677. The molecule has 0 amide bonds. The molecule has 0 atom stereocenters. The van der Waals surface area contributed by atoms with E-state index in [0.29, 0.717) is 22.9 Å². The third-order valence-corrected chi connectivity index (χ3v) is 3.87. The Labute approximate surface area is 132 Å². The number of hydrogen-bond acceptors (Lipinski definition) is 5. The molecule has 5 nitrogen and oxygen atoms in total. The van der Waals surface area contributed by atoms with E-state index in [0.717, 1.165) is 26.1 Å². The quantitative estimate of drug-likeness (QED) is 0.908. The van der Waals surface area contributed by atoms with Crippen LogP contribution in [0.1, 0.15) is 12.8 Å². The number of hydrogen-bond donors (Lipinski definition) is 2. The summed E-state index contributed by atoms with van der Waals surface area (Å²) < 4.78 is 18.6. The van der Waals surface area contributed by atoms with Crippen molar-refractivity contribution >= 4 is 23.2 Å². The van der Waals surface area contributed by atoms with Gasteiger partial charge in [0.05, 0.1) is 16.9 Å². The number of aromatic nitrogens is 2. The highest BCUT2D eigenvalue weighted by Gasteiger charge is 2.16. The number of nitrogen functional groups attached to an aromatic ring is 1. The molecule has 0 bridgehead atoms. The summed E-state index contributed by atoms with van der Waals surface area (Å²) in [6, 6.07) is 4.70. The van der Waals surface area contributed by atoms with Crippen LogP contribution < -0.4 is 11.1 Å². The van der Waals surface area contributed by atoms with Gasteiger partial charge in [-0.15, -0.1) is 0 Å². The van der Waals surface area contributed by atoms with E-state index in [1.54, 1.807) is 12.3 Å². The number of nitrogens with two attached hydrogens (primary N) is 1. The summed E-state index contributed by atoms with van der Waals surface area (Å²) >= 11 is 5.81. The Hall–Kier alpha value is -1.92. The highest BCUT2D eigenvalue weighted by atomic mass is 35.5. The topological polar surface area (TPSA) is 73.1 Å². The number of nitrogens with one attached hydrogen (secondary N) is 1. The van der Waals surface area contributed by atoms with Crippen molar-refractivity contribution < 1.29 is 9.13 Å². The minimum absolute atomic E-state index is 0.0510. The molecule has 0 saturated carbocycles. The monoisotopic (exact) mass is 322 g/mol. The number of ether oxygens (including phenoxy) is 1. The van der Waals surface area contributed by atoms with Crippen molar-refractivity contribution in [3.05, 3.63) is 35.2 Å². The summed E-state index contributed by atoms with van der Waals surface area (Å²) in [6.45, 7) is 1.44. The van der Waals surface area contributed by atoms with Gasteiger partial charge in [-0.05, 0) is 31.0 Å². The number of halogens is 2. The summed E-state index contributed by atoms with van der Waals surface area (Å²) in [5.74, 6) is 0.405. The van der Waals surface area contributed by atoms with Gasteiger partial charge in [-0.1, -0.05) is 11.6 Å². The van der Waals surface area contributed by atoms with Gasteiger partial charge < -0.3 is 15.8 Å². The van der Waals surface area contributed by atoms with Gasteiger partial charge in [0.1, 0.15) is 5.82 Å². The highest BCUT2D eigenvalue weighted by Crippen LogP contribution is 2.26. The van der Waals surface area contributed by atoms with Gasteiger partial charge in [0.25, 0.3) is 0 Å². The van der Waals surface area contributed by atoms with Crippen LogP contribution in [-0.4, -0.2) is 29.2 Å². The minimum atomic E-state index is -0.464. The molecule has 2 aromatic rings. The van der Waals surface area contributed by atoms with E-state index < -0.39 is 5.82 Å². The van der Waals surface area contributed by atoms with E-state index >= 15 is 0 Å². The molecule has 1 aliphatic rings. The fourth-order valence-electron chi connectivity index (χ4n) is 2.33. The smallest absolute Gasteiger partial charge is 0.169 e. The van der Waals surface area contributed by atoms with Crippen molar-refractivity contribution in [2.45, 2.75) is 18.9 Å². The van der Waals surface area contributed by atoms with Crippen LogP contribution in [-0.2, 0) is 4.74 Å². The molecule has 3 N–H and O–H groups in total. The maximum atomic E-state index is 13.3. The second kappa shape index (κ2) is 6.46. The molecule has 22 heavy (non-hydrogen) atoms. The summed E-state index contributed by atoms with van der Waals surface area (Å²) in [5, 5.41) is 3.35. The first-order valence-corrected chi connectivity index (χ1v) is 7.43. The summed E-state index contributed by atoms with van der Waals surface area (Å²) in [6.07, 6.45) is 3.34. The van der Waals surface area contributed by atoms with Crippen LogP contribution in [0.25, 0.3) is 11.3 Å². The van der Waals surface area contributed by atoms with Crippen molar-refractivity contribution in [3.63, 3.8) is 0 Å². The molecule has 1 fully saturated rings. The fourth-order valence-corrected chi connectivity index (χ4v) is 2.51. The average molecular weight is 323 g/mol. The third kappa shape index (κ3) is 3.28. The molecule has 0 aliphatic carbocycles. The molecule has 1 saturated heterocycles. The van der Waals surface area contributed by atoms with Crippen LogP contribution in [0, 0.1) is 5.82 Å². The number of anilines is 2. The normalized spacial score (nSPS) is 15.7. The van der Waals surface area contributed by atoms with Gasteiger partial charge in [-0.2, -0.15) is 0 Å². The van der Waals surface area contributed by atoms with E-state index in [-0.39, 0.29) is 11.1 Å². The highest BCUT2D eigenvalue weighted by molar-refractivity contribution is 6.31. The van der Waals surface area contributed by atoms with E-state index in [4.69, 9.17) is 22.1 Å². The molecule has 0 unspecified atom stereocenters. The first kappa shape index (κ1) is 15.0. The standard InChI is InChI=1S/C15H16ClFN4O/c16-11-7-9(1-2-12(11)17)13-8-19-14(18)15(21-13)20-10-3-5-22-6-4-10/h1-2,7-8,10H,3-6H2,(H2,18,19)(H,20,21). The van der Waals surface area contributed by atoms with Gasteiger partial charge in [0.2, 0.25) is 0 Å². The predicted molar refractivity (Wildman–Crippen MR) is 84.3 cm³/mol. The first-order chi connectivity index (χ1) is 10.6. The molecule has 116 valence electrons. The average Bonchev–Trinajstić information content (AvgIpc) is 2.53. The second-order valence-electron chi connectivity index (χ2n) is 5.15. The molecular weight excluding hydrogens is 307 g/mol.